The van der Waals surface area contributed by atoms with Gasteiger partial charge in [-0.1, -0.05) is 12.1 Å². The van der Waals surface area contributed by atoms with Crippen molar-refractivity contribution in [3.8, 4) is 5.69 Å². The van der Waals surface area contributed by atoms with Gasteiger partial charge in [-0.25, -0.2) is 9.59 Å². The van der Waals surface area contributed by atoms with E-state index in [-0.39, 0.29) is 17.8 Å². The second-order valence-electron chi connectivity index (χ2n) is 10.3. The fraction of sp³-hybridized carbons (Fsp3) is 0.520. The number of nitrogens with two attached hydrogens (primary N) is 1. The zero-order chi connectivity index (χ0) is 25.9. The highest BCUT2D eigenvalue weighted by molar-refractivity contribution is 5.89. The van der Waals surface area contributed by atoms with Gasteiger partial charge in [-0.2, -0.15) is 4.98 Å². The van der Waals surface area contributed by atoms with Crippen molar-refractivity contribution in [2.24, 2.45) is 11.7 Å². The Kier molecular flexibility index (Phi) is 7.72. The summed E-state index contributed by atoms with van der Waals surface area (Å²) in [5.41, 5.74) is 6.37. The smallest absolute Gasteiger partial charge is 0.338 e. The summed E-state index contributed by atoms with van der Waals surface area (Å²) in [7, 11) is 2.12. The zero-order valence-electron chi connectivity index (χ0n) is 21.2. The molecule has 4 rings (SSSR count). The highest BCUT2D eigenvalue weighted by atomic mass is 16.2. The quantitative estimate of drug-likeness (QED) is 0.503. The van der Waals surface area contributed by atoms with Gasteiger partial charge in [0.2, 0.25) is 5.91 Å². The Morgan fingerprint density at radius 1 is 1.11 bits per heavy atom. The molecule has 1 aromatic heterocycles. The van der Waals surface area contributed by atoms with E-state index in [1.807, 2.05) is 24.3 Å². The molecule has 194 valence electrons. The fourth-order valence-electron chi connectivity index (χ4n) is 4.43. The number of benzene rings is 1. The molecule has 2 aromatic rings. The Hall–Kier alpha value is -3.28. The molecule has 0 aliphatic carbocycles. The average Bonchev–Trinajstić information content (AvgIpc) is 2.81. The highest BCUT2D eigenvalue weighted by Crippen LogP contribution is 2.13. The fourth-order valence-corrected chi connectivity index (χ4v) is 4.43. The number of anilines is 1. The Morgan fingerprint density at radius 3 is 2.31 bits per heavy atom. The molecule has 0 spiro atoms. The first-order valence-corrected chi connectivity index (χ1v) is 12.3. The molecule has 0 unspecified atom stereocenters. The number of piperazine rings is 1. The number of hydrogen-bond donors (Lipinski definition) is 3. The van der Waals surface area contributed by atoms with Gasteiger partial charge in [0.25, 0.3) is 0 Å². The van der Waals surface area contributed by atoms with E-state index in [2.05, 4.69) is 27.6 Å². The molecule has 11 nitrogen and oxygen atoms in total. The van der Waals surface area contributed by atoms with Crippen molar-refractivity contribution in [2.45, 2.75) is 25.9 Å². The third kappa shape index (κ3) is 6.28. The molecule has 11 heteroatoms. The summed E-state index contributed by atoms with van der Waals surface area (Å²) in [6.07, 6.45) is 1.61. The normalized spacial score (nSPS) is 16.7. The van der Waals surface area contributed by atoms with E-state index in [0.29, 0.717) is 31.9 Å². The van der Waals surface area contributed by atoms with Gasteiger partial charge in [0.15, 0.2) is 0 Å². The molecule has 3 amide bonds. The number of nitrogens with one attached hydrogen (secondary N) is 2. The van der Waals surface area contributed by atoms with Crippen LogP contribution in [0.1, 0.15) is 19.4 Å². The minimum atomic E-state index is -0.942. The minimum absolute atomic E-state index is 0.140. The predicted molar refractivity (Wildman–Crippen MR) is 138 cm³/mol. The van der Waals surface area contributed by atoms with Gasteiger partial charge in [0, 0.05) is 58.6 Å². The summed E-state index contributed by atoms with van der Waals surface area (Å²) in [5, 5.41) is 5.98. The number of amides is 3. The lowest BCUT2D eigenvalue weighted by molar-refractivity contribution is -0.137. The number of carbonyl (C=O) groups excluding carboxylic acids is 2. The van der Waals surface area contributed by atoms with Crippen LogP contribution in [-0.2, 0) is 11.3 Å². The maximum Gasteiger partial charge on any atom is 0.354 e. The largest absolute Gasteiger partial charge is 0.354 e. The van der Waals surface area contributed by atoms with Crippen LogP contribution in [0.15, 0.2) is 41.3 Å². The summed E-state index contributed by atoms with van der Waals surface area (Å²) >= 11 is 0. The summed E-state index contributed by atoms with van der Waals surface area (Å²) < 4.78 is 1.45. The van der Waals surface area contributed by atoms with Gasteiger partial charge >= 0.3 is 11.7 Å². The SMILES string of the molecule is CN(Cc1ccc(-n2ccc(NC(=O)N3CCN(C(=O)C(C)(C)N)CC3)nc2=O)cc1)CC1CNC1. The Bertz CT molecular complexity index is 1130. The number of aromatic nitrogens is 2. The van der Waals surface area contributed by atoms with Crippen LogP contribution in [0.4, 0.5) is 10.6 Å². The van der Waals surface area contributed by atoms with Crippen molar-refractivity contribution in [3.05, 3.63) is 52.6 Å². The van der Waals surface area contributed by atoms with E-state index in [1.165, 1.54) is 10.1 Å². The number of hydrogen-bond acceptors (Lipinski definition) is 7. The zero-order valence-corrected chi connectivity index (χ0v) is 21.2. The van der Waals surface area contributed by atoms with Crippen LogP contribution >= 0.6 is 0 Å². The second-order valence-corrected chi connectivity index (χ2v) is 10.3. The van der Waals surface area contributed by atoms with Crippen molar-refractivity contribution < 1.29 is 9.59 Å². The molecule has 2 fully saturated rings. The molecule has 2 aliphatic rings. The maximum atomic E-state index is 12.7. The van der Waals surface area contributed by atoms with Crippen LogP contribution < -0.4 is 22.1 Å². The third-order valence-electron chi connectivity index (χ3n) is 6.55. The third-order valence-corrected chi connectivity index (χ3v) is 6.55. The number of nitrogens with zero attached hydrogens (tertiary/aromatic N) is 5. The van der Waals surface area contributed by atoms with Gasteiger partial charge in [0.05, 0.1) is 11.2 Å². The Labute approximate surface area is 211 Å². The molecule has 0 atom stereocenters. The first kappa shape index (κ1) is 25.8. The molecular weight excluding hydrogens is 460 g/mol. The summed E-state index contributed by atoms with van der Waals surface area (Å²) in [5.74, 6) is 0.765. The van der Waals surface area contributed by atoms with E-state index >= 15 is 0 Å². The van der Waals surface area contributed by atoms with Crippen molar-refractivity contribution in [1.82, 2.24) is 29.6 Å². The van der Waals surface area contributed by atoms with Crippen LogP contribution in [-0.4, -0.2) is 94.6 Å². The minimum Gasteiger partial charge on any atom is -0.338 e. The van der Waals surface area contributed by atoms with E-state index in [9.17, 15) is 14.4 Å². The first-order valence-electron chi connectivity index (χ1n) is 12.3. The topological polar surface area (TPSA) is 129 Å². The van der Waals surface area contributed by atoms with Crippen LogP contribution in [0.25, 0.3) is 5.69 Å². The van der Waals surface area contributed by atoms with Crippen molar-refractivity contribution in [3.63, 3.8) is 0 Å². The molecule has 2 aliphatic heterocycles. The van der Waals surface area contributed by atoms with Crippen LogP contribution in [0.2, 0.25) is 0 Å². The molecule has 2 saturated heterocycles. The van der Waals surface area contributed by atoms with E-state index < -0.39 is 11.2 Å². The van der Waals surface area contributed by atoms with Gasteiger partial charge < -0.3 is 25.8 Å². The molecule has 0 saturated carbocycles. The summed E-state index contributed by atoms with van der Waals surface area (Å²) in [4.78, 5) is 47.2. The lowest BCUT2D eigenvalue weighted by Crippen LogP contribution is -2.58. The second kappa shape index (κ2) is 10.8. The van der Waals surface area contributed by atoms with Crippen molar-refractivity contribution >= 4 is 17.8 Å². The van der Waals surface area contributed by atoms with Crippen LogP contribution in [0.3, 0.4) is 0 Å². The number of rotatable bonds is 7. The monoisotopic (exact) mass is 496 g/mol. The molecule has 3 heterocycles. The van der Waals surface area contributed by atoms with Gasteiger partial charge in [-0.3, -0.25) is 14.7 Å². The lowest BCUT2D eigenvalue weighted by Gasteiger charge is -2.37. The first-order chi connectivity index (χ1) is 17.1. The number of carbonyl (C=O) groups is 2. The van der Waals surface area contributed by atoms with Crippen molar-refractivity contribution in [2.75, 3.05) is 58.2 Å². The van der Waals surface area contributed by atoms with E-state index in [0.717, 1.165) is 32.1 Å². The van der Waals surface area contributed by atoms with Crippen molar-refractivity contribution in [1.29, 1.82) is 0 Å². The lowest BCUT2D eigenvalue weighted by atomic mass is 10.0. The maximum absolute atomic E-state index is 12.7. The molecule has 0 radical (unpaired) electrons. The summed E-state index contributed by atoms with van der Waals surface area (Å²) in [6, 6.07) is 9.08. The van der Waals surface area contributed by atoms with Crippen LogP contribution in [0, 0.1) is 5.92 Å². The predicted octanol–water partition coefficient (Wildman–Crippen LogP) is 0.297. The molecule has 36 heavy (non-hydrogen) atoms. The van der Waals surface area contributed by atoms with Gasteiger partial charge in [-0.15, -0.1) is 0 Å². The highest BCUT2D eigenvalue weighted by Gasteiger charge is 2.31. The van der Waals surface area contributed by atoms with Gasteiger partial charge in [-0.05, 0) is 50.6 Å². The average molecular weight is 497 g/mol. The Morgan fingerprint density at radius 2 is 1.75 bits per heavy atom. The van der Waals surface area contributed by atoms with Gasteiger partial charge in [0.1, 0.15) is 5.82 Å². The molecule has 1 aromatic carbocycles. The Balaban J connectivity index is 1.31. The van der Waals surface area contributed by atoms with Crippen LogP contribution in [0.5, 0.6) is 0 Å². The van der Waals surface area contributed by atoms with E-state index in [1.54, 1.807) is 35.9 Å². The molecule has 4 N–H and O–H groups in total. The molecule has 0 bridgehead atoms. The summed E-state index contributed by atoms with van der Waals surface area (Å²) in [6.45, 7) is 8.99. The standard InChI is InChI=1S/C25H36N8O3/c1-25(2,26)22(34)31-10-12-32(13-11-31)23(35)28-21-8-9-33(24(36)29-21)20-6-4-18(5-7-20)16-30(3)17-19-14-27-15-19/h4-9,19,27H,10-17,26H2,1-3H3,(H,28,29,35,36). The van der Waals surface area contributed by atoms with E-state index in [4.69, 9.17) is 5.73 Å². The number of urea groups is 1. The molecular formula is C25H36N8O3.